The molecule has 0 radical (unpaired) electrons. The summed E-state index contributed by atoms with van der Waals surface area (Å²) in [5.41, 5.74) is 0. The Balaban J connectivity index is 2.70. The van der Waals surface area contributed by atoms with Crippen LogP contribution in [-0.4, -0.2) is 66.9 Å². The fourth-order valence-electron chi connectivity index (χ4n) is 1.88. The molecule has 130 valence electrons. The minimum absolute atomic E-state index is 0.00979. The van der Waals surface area contributed by atoms with Crippen LogP contribution < -0.4 is 0 Å². The molecule has 1 heterocycles. The second-order valence-corrected chi connectivity index (χ2v) is 12.0. The number of carbonyl (C=O) groups is 1. The molecule has 0 aliphatic carbocycles. The summed E-state index contributed by atoms with van der Waals surface area (Å²) in [6, 6.07) is 0. The van der Waals surface area contributed by atoms with Crippen LogP contribution in [0.25, 0.3) is 0 Å². The highest BCUT2D eigenvalue weighted by Gasteiger charge is 2.47. The second-order valence-electron chi connectivity index (χ2n) is 7.19. The molecule has 8 heteroatoms. The van der Waals surface area contributed by atoms with Crippen LogP contribution in [-0.2, 0) is 18.7 Å². The number of esters is 1. The van der Waals surface area contributed by atoms with Crippen molar-refractivity contribution >= 4 is 14.3 Å². The van der Waals surface area contributed by atoms with Gasteiger partial charge in [0.15, 0.2) is 20.7 Å². The van der Waals surface area contributed by atoms with E-state index in [4.69, 9.17) is 13.9 Å². The highest BCUT2D eigenvalue weighted by molar-refractivity contribution is 6.74. The molecule has 5 atom stereocenters. The summed E-state index contributed by atoms with van der Waals surface area (Å²) >= 11 is 0. The molecule has 7 nitrogen and oxygen atoms in total. The summed E-state index contributed by atoms with van der Waals surface area (Å²) in [4.78, 5) is 11.0. The van der Waals surface area contributed by atoms with Crippen molar-refractivity contribution < 1.29 is 34.0 Å². The molecule has 1 aliphatic heterocycles. The van der Waals surface area contributed by atoms with Gasteiger partial charge in [-0.1, -0.05) is 20.8 Å². The van der Waals surface area contributed by atoms with E-state index in [1.807, 2.05) is 0 Å². The Morgan fingerprint density at radius 3 is 2.18 bits per heavy atom. The maximum Gasteiger partial charge on any atom is 0.303 e. The Morgan fingerprint density at radius 1 is 1.18 bits per heavy atom. The van der Waals surface area contributed by atoms with Gasteiger partial charge in [0, 0.05) is 6.92 Å². The van der Waals surface area contributed by atoms with Gasteiger partial charge in [0.1, 0.15) is 18.3 Å². The quantitative estimate of drug-likeness (QED) is 0.503. The van der Waals surface area contributed by atoms with Crippen molar-refractivity contribution in [2.24, 2.45) is 0 Å². The van der Waals surface area contributed by atoms with Gasteiger partial charge in [-0.05, 0) is 18.1 Å². The van der Waals surface area contributed by atoms with Crippen molar-refractivity contribution in [2.45, 2.75) is 76.5 Å². The molecule has 0 unspecified atom stereocenters. The third-order valence-corrected chi connectivity index (χ3v) is 8.88. The molecule has 0 amide bonds. The Bertz CT molecular complexity index is 393. The van der Waals surface area contributed by atoms with Crippen LogP contribution >= 0.6 is 0 Å². The molecular formula is C14H28O7Si. The van der Waals surface area contributed by atoms with Gasteiger partial charge in [-0.2, -0.15) is 0 Å². The lowest BCUT2D eigenvalue weighted by Gasteiger charge is -2.42. The maximum atomic E-state index is 11.0. The third kappa shape index (κ3) is 4.50. The first-order valence-corrected chi connectivity index (χ1v) is 10.3. The highest BCUT2D eigenvalue weighted by Crippen LogP contribution is 2.37. The maximum absolute atomic E-state index is 11.0. The monoisotopic (exact) mass is 336 g/mol. The van der Waals surface area contributed by atoms with Gasteiger partial charge in [-0.25, -0.2) is 0 Å². The minimum atomic E-state index is -2.05. The Hall–Kier alpha value is -0.513. The Morgan fingerprint density at radius 2 is 1.73 bits per heavy atom. The number of aliphatic hydroxyl groups excluding tert-OH is 3. The number of carbonyl (C=O) groups excluding carboxylic acids is 1. The molecule has 0 aromatic rings. The van der Waals surface area contributed by atoms with Crippen LogP contribution in [0, 0.1) is 0 Å². The van der Waals surface area contributed by atoms with Gasteiger partial charge >= 0.3 is 5.97 Å². The van der Waals surface area contributed by atoms with Crippen LogP contribution in [0.4, 0.5) is 0 Å². The normalized spacial score (nSPS) is 33.6. The predicted octanol–water partition coefficient (Wildman–Crippen LogP) is 0.379. The first-order chi connectivity index (χ1) is 9.86. The van der Waals surface area contributed by atoms with Gasteiger partial charge in [-0.15, -0.1) is 0 Å². The number of hydrogen-bond acceptors (Lipinski definition) is 7. The van der Waals surface area contributed by atoms with Crippen LogP contribution in [0.15, 0.2) is 0 Å². The number of ether oxygens (including phenoxy) is 2. The Kier molecular flexibility index (Phi) is 6.16. The van der Waals surface area contributed by atoms with Crippen molar-refractivity contribution in [1.82, 2.24) is 0 Å². The van der Waals surface area contributed by atoms with Gasteiger partial charge in [0.05, 0.1) is 6.61 Å². The summed E-state index contributed by atoms with van der Waals surface area (Å²) in [7, 11) is -2.05. The molecule has 0 aromatic carbocycles. The summed E-state index contributed by atoms with van der Waals surface area (Å²) in [6.07, 6.45) is -6.43. The minimum Gasteiger partial charge on any atom is -0.454 e. The van der Waals surface area contributed by atoms with Crippen LogP contribution in [0.1, 0.15) is 27.7 Å². The van der Waals surface area contributed by atoms with Crippen LogP contribution in [0.2, 0.25) is 18.1 Å². The van der Waals surface area contributed by atoms with Gasteiger partial charge in [0.25, 0.3) is 0 Å². The number of rotatable bonds is 4. The van der Waals surface area contributed by atoms with Crippen LogP contribution in [0.5, 0.6) is 0 Å². The van der Waals surface area contributed by atoms with E-state index in [0.717, 1.165) is 6.92 Å². The van der Waals surface area contributed by atoms with Crippen molar-refractivity contribution in [3.63, 3.8) is 0 Å². The summed E-state index contributed by atoms with van der Waals surface area (Å²) in [6.45, 7) is 11.6. The molecule has 0 saturated carbocycles. The number of hydrogen-bond donors (Lipinski definition) is 3. The largest absolute Gasteiger partial charge is 0.454 e. The standard InChI is InChI=1S/C14H28O7Si/c1-8(15)20-12-11(17)10(16)9(21-13(12)18)7-19-22(5,6)14(2,3)4/h9-13,16-18H,7H2,1-6H3/t9-,10-,11+,12+,13+/m1/s1. The Labute approximate surface area is 132 Å². The van der Waals surface area contributed by atoms with Crippen molar-refractivity contribution in [3.8, 4) is 0 Å². The van der Waals surface area contributed by atoms with E-state index >= 15 is 0 Å². The van der Waals surface area contributed by atoms with Crippen molar-refractivity contribution in [3.05, 3.63) is 0 Å². The van der Waals surface area contributed by atoms with Crippen LogP contribution in [0.3, 0.4) is 0 Å². The van der Waals surface area contributed by atoms with Gasteiger partial charge in [0.2, 0.25) is 0 Å². The molecule has 1 fully saturated rings. The molecule has 3 N–H and O–H groups in total. The average Bonchev–Trinajstić information content (AvgIpc) is 2.35. The predicted molar refractivity (Wildman–Crippen MR) is 81.6 cm³/mol. The van der Waals surface area contributed by atoms with E-state index in [9.17, 15) is 20.1 Å². The van der Waals surface area contributed by atoms with Crippen molar-refractivity contribution in [2.75, 3.05) is 6.61 Å². The molecule has 0 aromatic heterocycles. The highest BCUT2D eigenvalue weighted by atomic mass is 28.4. The van der Waals surface area contributed by atoms with E-state index in [0.29, 0.717) is 0 Å². The molecule has 22 heavy (non-hydrogen) atoms. The molecule has 0 spiro atoms. The molecule has 1 aliphatic rings. The topological polar surface area (TPSA) is 105 Å². The van der Waals surface area contributed by atoms with E-state index in [1.54, 1.807) is 0 Å². The average molecular weight is 336 g/mol. The molecule has 0 bridgehead atoms. The molecule has 1 rings (SSSR count). The smallest absolute Gasteiger partial charge is 0.303 e. The third-order valence-electron chi connectivity index (χ3n) is 4.38. The second kappa shape index (κ2) is 6.94. The summed E-state index contributed by atoms with van der Waals surface area (Å²) in [5.74, 6) is -0.671. The zero-order valence-electron chi connectivity index (χ0n) is 14.1. The fraction of sp³-hybridized carbons (Fsp3) is 0.929. The lowest BCUT2D eigenvalue weighted by Crippen LogP contribution is -2.60. The van der Waals surface area contributed by atoms with E-state index in [1.165, 1.54) is 0 Å². The zero-order chi connectivity index (χ0) is 17.3. The fourth-order valence-corrected chi connectivity index (χ4v) is 2.90. The zero-order valence-corrected chi connectivity index (χ0v) is 15.1. The number of aliphatic hydroxyl groups is 3. The SMILES string of the molecule is CC(=O)O[C@H]1[C@@H](O)[C@H](O)[C@@H](CO[Si](C)(C)C(C)(C)C)O[C@@H]1O. The lowest BCUT2D eigenvalue weighted by atomic mass is 9.99. The summed E-state index contributed by atoms with van der Waals surface area (Å²) < 4.78 is 16.0. The van der Waals surface area contributed by atoms with Gasteiger partial charge in [-0.3, -0.25) is 4.79 Å². The molecular weight excluding hydrogens is 308 g/mol. The first-order valence-electron chi connectivity index (χ1n) is 7.37. The van der Waals surface area contributed by atoms with E-state index < -0.39 is 45.0 Å². The molecule has 1 saturated heterocycles. The van der Waals surface area contributed by atoms with Gasteiger partial charge < -0.3 is 29.2 Å². The van der Waals surface area contributed by atoms with Crippen molar-refractivity contribution in [1.29, 1.82) is 0 Å². The lowest BCUT2D eigenvalue weighted by molar-refractivity contribution is -0.289. The summed E-state index contributed by atoms with van der Waals surface area (Å²) in [5, 5.41) is 29.9. The van der Waals surface area contributed by atoms with E-state index in [2.05, 4.69) is 33.9 Å². The first kappa shape index (κ1) is 19.5. The van der Waals surface area contributed by atoms with E-state index in [-0.39, 0.29) is 11.6 Å².